The summed E-state index contributed by atoms with van der Waals surface area (Å²) in [6, 6.07) is 29.6. The highest BCUT2D eigenvalue weighted by Crippen LogP contribution is 2.40. The Kier molecular flexibility index (Phi) is 14.9. The van der Waals surface area contributed by atoms with Crippen LogP contribution in [-0.4, -0.2) is 96.0 Å². The number of benzene rings is 3. The highest BCUT2D eigenvalue weighted by molar-refractivity contribution is 5.47. The van der Waals surface area contributed by atoms with E-state index in [2.05, 4.69) is 0 Å². The van der Waals surface area contributed by atoms with E-state index in [0.29, 0.717) is 26.4 Å². The zero-order chi connectivity index (χ0) is 29.2. The van der Waals surface area contributed by atoms with Crippen molar-refractivity contribution >= 4 is 0 Å². The lowest BCUT2D eigenvalue weighted by molar-refractivity contribution is -0.212. The summed E-state index contributed by atoms with van der Waals surface area (Å²) in [6.45, 7) is 0.587. The zero-order valence-electron chi connectivity index (χ0n) is 23.8. The van der Waals surface area contributed by atoms with Gasteiger partial charge in [0.05, 0.1) is 39.6 Å². The maximum absolute atomic E-state index is 11.5. The Morgan fingerprint density at radius 2 is 1.07 bits per heavy atom. The van der Waals surface area contributed by atoms with Crippen molar-refractivity contribution in [2.75, 3.05) is 67.4 Å². The van der Waals surface area contributed by atoms with Crippen LogP contribution in [0.25, 0.3) is 0 Å². The summed E-state index contributed by atoms with van der Waals surface area (Å²) in [5.74, 6) is 0. The van der Waals surface area contributed by atoms with Crippen molar-refractivity contribution in [3.63, 3.8) is 0 Å². The molecule has 0 bridgehead atoms. The number of methoxy groups -OCH3 is 2. The highest BCUT2D eigenvalue weighted by Gasteiger charge is 2.40. The first kappa shape index (κ1) is 32.8. The second-order valence-corrected chi connectivity index (χ2v) is 9.21. The van der Waals surface area contributed by atoms with Crippen LogP contribution in [0.2, 0.25) is 0 Å². The normalized spacial score (nSPS) is 14.0. The Morgan fingerprint density at radius 3 is 1.49 bits per heavy atom. The molecule has 224 valence electrons. The second-order valence-electron chi connectivity index (χ2n) is 9.21. The Bertz CT molecular complexity index is 956. The molecule has 0 saturated heterocycles. The molecule has 0 heterocycles. The zero-order valence-corrected chi connectivity index (χ0v) is 23.8. The maximum atomic E-state index is 11.5. The molecule has 3 rings (SSSR count). The predicted octanol–water partition coefficient (Wildman–Crippen LogP) is 3.36. The van der Waals surface area contributed by atoms with E-state index in [1.807, 2.05) is 91.0 Å². The summed E-state index contributed by atoms with van der Waals surface area (Å²) < 4.78 is 39.3. The number of aliphatic hydroxyl groups excluding tert-OH is 2. The summed E-state index contributed by atoms with van der Waals surface area (Å²) in [4.78, 5) is 0. The van der Waals surface area contributed by atoms with E-state index >= 15 is 0 Å². The molecule has 0 aliphatic carbocycles. The van der Waals surface area contributed by atoms with Gasteiger partial charge in [0, 0.05) is 14.2 Å². The van der Waals surface area contributed by atoms with E-state index in [0.717, 1.165) is 16.7 Å². The van der Waals surface area contributed by atoms with Crippen LogP contribution in [0.15, 0.2) is 91.0 Å². The lowest BCUT2D eigenvalue weighted by Gasteiger charge is -2.38. The first-order valence-corrected chi connectivity index (χ1v) is 13.6. The molecule has 0 saturated carbocycles. The molecule has 9 nitrogen and oxygen atoms in total. The molecular formula is C32H42O9. The fourth-order valence-electron chi connectivity index (χ4n) is 4.46. The molecule has 0 unspecified atom stereocenters. The summed E-state index contributed by atoms with van der Waals surface area (Å²) in [5, 5.41) is 21.6. The van der Waals surface area contributed by atoms with Gasteiger partial charge in [0.15, 0.2) is 0 Å². The molecule has 0 aromatic heterocycles. The fourth-order valence-corrected chi connectivity index (χ4v) is 4.46. The third kappa shape index (κ3) is 9.68. The first-order valence-electron chi connectivity index (χ1n) is 13.6. The van der Waals surface area contributed by atoms with E-state index < -0.39 is 30.5 Å². The molecule has 0 fully saturated rings. The lowest BCUT2D eigenvalue weighted by Crippen LogP contribution is -2.47. The minimum Gasteiger partial charge on any atom is -0.394 e. The summed E-state index contributed by atoms with van der Waals surface area (Å²) >= 11 is 0. The van der Waals surface area contributed by atoms with Gasteiger partial charge >= 0.3 is 0 Å². The quantitative estimate of drug-likeness (QED) is 0.113. The molecule has 0 radical (unpaired) electrons. The van der Waals surface area contributed by atoms with Crippen LogP contribution in [0.3, 0.4) is 0 Å². The van der Waals surface area contributed by atoms with Crippen molar-refractivity contribution in [1.29, 1.82) is 0 Å². The van der Waals surface area contributed by atoms with Gasteiger partial charge in [0.1, 0.15) is 37.5 Å². The molecule has 0 amide bonds. The van der Waals surface area contributed by atoms with Gasteiger partial charge < -0.3 is 43.4 Å². The SMILES string of the molecule is COCCOCO[C@H]([C@H](CO)OCOCCOC)[C@@H](O)COC(c1ccccc1)(c1ccccc1)c1ccccc1. The maximum Gasteiger partial charge on any atom is 0.147 e. The van der Waals surface area contributed by atoms with E-state index in [-0.39, 0.29) is 20.2 Å². The number of aliphatic hydroxyl groups is 2. The topological polar surface area (TPSA) is 105 Å². The highest BCUT2D eigenvalue weighted by atomic mass is 16.7. The van der Waals surface area contributed by atoms with Gasteiger partial charge in [-0.15, -0.1) is 0 Å². The Hall–Kier alpha value is -2.70. The fraction of sp³-hybridized carbons (Fsp3) is 0.438. The van der Waals surface area contributed by atoms with Gasteiger partial charge in [-0.3, -0.25) is 0 Å². The van der Waals surface area contributed by atoms with Crippen molar-refractivity contribution in [3.05, 3.63) is 108 Å². The smallest absolute Gasteiger partial charge is 0.147 e. The first-order chi connectivity index (χ1) is 20.2. The summed E-state index contributed by atoms with van der Waals surface area (Å²) in [7, 11) is 3.15. The van der Waals surface area contributed by atoms with Crippen LogP contribution >= 0.6 is 0 Å². The van der Waals surface area contributed by atoms with Crippen LogP contribution in [0.1, 0.15) is 16.7 Å². The minimum absolute atomic E-state index is 0.117. The van der Waals surface area contributed by atoms with Gasteiger partial charge in [-0.25, -0.2) is 0 Å². The Labute approximate surface area is 242 Å². The number of hydrogen-bond donors (Lipinski definition) is 2. The molecule has 9 heteroatoms. The van der Waals surface area contributed by atoms with Gasteiger partial charge in [-0.2, -0.15) is 0 Å². The monoisotopic (exact) mass is 570 g/mol. The molecule has 0 aliphatic heterocycles. The molecule has 41 heavy (non-hydrogen) atoms. The van der Waals surface area contributed by atoms with Gasteiger partial charge in [-0.1, -0.05) is 91.0 Å². The molecule has 3 atom stereocenters. The molecule has 3 aromatic rings. The van der Waals surface area contributed by atoms with Gasteiger partial charge in [-0.05, 0) is 16.7 Å². The van der Waals surface area contributed by atoms with Gasteiger partial charge in [0.2, 0.25) is 0 Å². The van der Waals surface area contributed by atoms with Crippen molar-refractivity contribution in [2.24, 2.45) is 0 Å². The largest absolute Gasteiger partial charge is 0.394 e. The van der Waals surface area contributed by atoms with E-state index in [1.54, 1.807) is 14.2 Å². The molecule has 3 aromatic carbocycles. The van der Waals surface area contributed by atoms with Crippen molar-refractivity contribution < 1.29 is 43.4 Å². The van der Waals surface area contributed by atoms with Crippen molar-refractivity contribution in [3.8, 4) is 0 Å². The Morgan fingerprint density at radius 1 is 0.634 bits per heavy atom. The predicted molar refractivity (Wildman–Crippen MR) is 153 cm³/mol. The number of ether oxygens (including phenoxy) is 7. The third-order valence-electron chi connectivity index (χ3n) is 6.51. The molecule has 0 aliphatic rings. The van der Waals surface area contributed by atoms with Crippen LogP contribution in [0.4, 0.5) is 0 Å². The number of hydrogen-bond acceptors (Lipinski definition) is 9. The van der Waals surface area contributed by atoms with Crippen molar-refractivity contribution in [1.82, 2.24) is 0 Å². The third-order valence-corrected chi connectivity index (χ3v) is 6.51. The second kappa shape index (κ2) is 18.7. The van der Waals surface area contributed by atoms with Crippen LogP contribution in [-0.2, 0) is 38.8 Å². The van der Waals surface area contributed by atoms with E-state index in [1.165, 1.54) is 0 Å². The molecule has 2 N–H and O–H groups in total. The minimum atomic E-state index is -1.20. The summed E-state index contributed by atoms with van der Waals surface area (Å²) in [6.07, 6.45) is -3.11. The summed E-state index contributed by atoms with van der Waals surface area (Å²) in [5.41, 5.74) is 1.65. The van der Waals surface area contributed by atoms with Crippen LogP contribution in [0.5, 0.6) is 0 Å². The van der Waals surface area contributed by atoms with Crippen LogP contribution in [0, 0.1) is 0 Å². The van der Waals surface area contributed by atoms with E-state index in [9.17, 15) is 10.2 Å². The molecule has 0 spiro atoms. The standard InChI is InChI=1S/C32H42O9/c1-35-18-20-37-24-39-30(22-33)31(40-25-38-21-19-36-2)29(34)23-41-32(26-12-6-3-7-13-26,27-14-8-4-9-15-27)28-16-10-5-11-17-28/h3-17,29-31,33-34H,18-25H2,1-2H3/t29-,30-,31-/m0/s1. The van der Waals surface area contributed by atoms with E-state index in [4.69, 9.17) is 33.2 Å². The van der Waals surface area contributed by atoms with Crippen LogP contribution < -0.4 is 0 Å². The lowest BCUT2D eigenvalue weighted by atomic mass is 9.80. The average molecular weight is 571 g/mol. The van der Waals surface area contributed by atoms with Crippen molar-refractivity contribution in [2.45, 2.75) is 23.9 Å². The number of rotatable bonds is 21. The molecular weight excluding hydrogens is 528 g/mol. The Balaban J connectivity index is 1.88. The van der Waals surface area contributed by atoms with Gasteiger partial charge in [0.25, 0.3) is 0 Å². The average Bonchev–Trinajstić information content (AvgIpc) is 3.03.